The Bertz CT molecular complexity index is 1050. The summed E-state index contributed by atoms with van der Waals surface area (Å²) < 4.78 is 16.8. The predicted octanol–water partition coefficient (Wildman–Crippen LogP) is 2.54. The molecule has 1 fully saturated rings. The van der Waals surface area contributed by atoms with E-state index in [1.54, 1.807) is 18.2 Å². The van der Waals surface area contributed by atoms with Gasteiger partial charge in [0.2, 0.25) is 0 Å². The van der Waals surface area contributed by atoms with E-state index in [0.29, 0.717) is 51.0 Å². The molecule has 2 aromatic carbocycles. The van der Waals surface area contributed by atoms with Crippen LogP contribution in [0.5, 0.6) is 5.75 Å². The number of morpholine rings is 1. The zero-order chi connectivity index (χ0) is 21.6. The van der Waals surface area contributed by atoms with Crippen LogP contribution in [-0.4, -0.2) is 73.9 Å². The summed E-state index contributed by atoms with van der Waals surface area (Å²) in [7, 11) is 0. The van der Waals surface area contributed by atoms with Crippen LogP contribution in [0.25, 0.3) is 22.2 Å². The van der Waals surface area contributed by atoms with E-state index in [9.17, 15) is 9.90 Å². The van der Waals surface area contributed by atoms with Crippen molar-refractivity contribution < 1.29 is 24.1 Å². The molecule has 0 aliphatic carbocycles. The zero-order valence-electron chi connectivity index (χ0n) is 17.6. The number of aromatic carboxylic acids is 1. The van der Waals surface area contributed by atoms with E-state index >= 15 is 0 Å². The first-order valence-corrected chi connectivity index (χ1v) is 10.3. The Morgan fingerprint density at radius 3 is 2.72 bits per heavy atom. The van der Waals surface area contributed by atoms with Gasteiger partial charge in [-0.2, -0.15) is 5.10 Å². The second kappa shape index (κ2) is 11.1. The molecular weight excluding hydrogens is 436 g/mol. The standard InChI is InChI=1S/C22H26N4O5.ClH/c23-3-6-29-9-10-31-18-12-16(11-17(14-18)26-4-7-30-8-5-26)21-19-13-15(22(27)28)1-2-20(19)24-25-21;/h1-2,11-14H,3-10,23H2,(H,24,25)(H,27,28);1H. The van der Waals surface area contributed by atoms with Crippen LogP contribution in [0.2, 0.25) is 0 Å². The van der Waals surface area contributed by atoms with Gasteiger partial charge in [-0.1, -0.05) is 0 Å². The van der Waals surface area contributed by atoms with Crippen molar-refractivity contribution in [2.24, 2.45) is 5.73 Å². The van der Waals surface area contributed by atoms with E-state index in [4.69, 9.17) is 19.9 Å². The van der Waals surface area contributed by atoms with Crippen LogP contribution >= 0.6 is 12.4 Å². The maximum Gasteiger partial charge on any atom is 0.335 e. The molecule has 0 amide bonds. The quantitative estimate of drug-likeness (QED) is 0.414. The molecule has 2 heterocycles. The van der Waals surface area contributed by atoms with E-state index in [2.05, 4.69) is 15.1 Å². The Morgan fingerprint density at radius 2 is 1.97 bits per heavy atom. The van der Waals surface area contributed by atoms with Gasteiger partial charge in [-0.05, 0) is 30.3 Å². The van der Waals surface area contributed by atoms with Crippen LogP contribution in [0.4, 0.5) is 5.69 Å². The van der Waals surface area contributed by atoms with E-state index in [-0.39, 0.29) is 18.0 Å². The summed E-state index contributed by atoms with van der Waals surface area (Å²) in [5.41, 5.74) is 8.96. The molecule has 0 radical (unpaired) electrons. The average Bonchev–Trinajstić information content (AvgIpc) is 3.22. The van der Waals surface area contributed by atoms with Gasteiger partial charge < -0.3 is 30.0 Å². The number of anilines is 1. The van der Waals surface area contributed by atoms with E-state index in [0.717, 1.165) is 35.2 Å². The monoisotopic (exact) mass is 462 g/mol. The lowest BCUT2D eigenvalue weighted by molar-refractivity contribution is 0.0697. The van der Waals surface area contributed by atoms with E-state index in [1.807, 2.05) is 18.2 Å². The number of fused-ring (bicyclic) bond motifs is 1. The first-order valence-electron chi connectivity index (χ1n) is 10.3. The molecule has 0 bridgehead atoms. The number of carboxylic acids is 1. The van der Waals surface area contributed by atoms with Gasteiger partial charge in [0.25, 0.3) is 0 Å². The maximum absolute atomic E-state index is 11.4. The number of hydrogen-bond donors (Lipinski definition) is 3. The maximum atomic E-state index is 11.4. The molecule has 1 aliphatic heterocycles. The number of aromatic amines is 1. The van der Waals surface area contributed by atoms with E-state index in [1.165, 1.54) is 0 Å². The Kier molecular flexibility index (Phi) is 8.29. The number of nitrogens with zero attached hydrogens (tertiary/aromatic N) is 2. The van der Waals surface area contributed by atoms with Gasteiger partial charge in [-0.25, -0.2) is 4.79 Å². The minimum atomic E-state index is -0.974. The molecule has 4 N–H and O–H groups in total. The van der Waals surface area contributed by atoms with Crippen LogP contribution in [0.3, 0.4) is 0 Å². The van der Waals surface area contributed by atoms with Crippen molar-refractivity contribution in [3.05, 3.63) is 42.0 Å². The largest absolute Gasteiger partial charge is 0.491 e. The smallest absolute Gasteiger partial charge is 0.335 e. The van der Waals surface area contributed by atoms with Gasteiger partial charge in [0, 0.05) is 42.3 Å². The molecule has 0 saturated carbocycles. The lowest BCUT2D eigenvalue weighted by Crippen LogP contribution is -2.36. The molecule has 32 heavy (non-hydrogen) atoms. The number of halogens is 1. The minimum absolute atomic E-state index is 0. The molecule has 4 rings (SSSR count). The average molecular weight is 463 g/mol. The number of carboxylic acid groups (broad SMARTS) is 1. The van der Waals surface area contributed by atoms with Gasteiger partial charge in [0.15, 0.2) is 0 Å². The molecule has 3 aromatic rings. The summed E-state index contributed by atoms with van der Waals surface area (Å²) in [4.78, 5) is 13.7. The molecule has 1 aromatic heterocycles. The highest BCUT2D eigenvalue weighted by Gasteiger charge is 2.17. The van der Waals surface area contributed by atoms with Crippen LogP contribution < -0.4 is 15.4 Å². The number of H-pyrrole nitrogens is 1. The van der Waals surface area contributed by atoms with Crippen molar-refractivity contribution in [3.63, 3.8) is 0 Å². The van der Waals surface area contributed by atoms with Crippen molar-refractivity contribution in [3.8, 4) is 17.0 Å². The third-order valence-electron chi connectivity index (χ3n) is 5.11. The summed E-state index contributed by atoms with van der Waals surface area (Å²) in [6.07, 6.45) is 0. The normalized spacial score (nSPS) is 13.7. The number of nitrogens with two attached hydrogens (primary N) is 1. The van der Waals surface area contributed by atoms with Crippen molar-refractivity contribution in [1.82, 2.24) is 10.2 Å². The summed E-state index contributed by atoms with van der Waals surface area (Å²) in [5.74, 6) is -0.279. The highest BCUT2D eigenvalue weighted by atomic mass is 35.5. The molecule has 9 nitrogen and oxygen atoms in total. The number of aromatic nitrogens is 2. The molecule has 172 valence electrons. The Hall–Kier alpha value is -2.85. The highest BCUT2D eigenvalue weighted by Crippen LogP contribution is 2.34. The van der Waals surface area contributed by atoms with Gasteiger partial charge in [0.05, 0.1) is 37.5 Å². The van der Waals surface area contributed by atoms with Crippen LogP contribution in [-0.2, 0) is 9.47 Å². The summed E-state index contributed by atoms with van der Waals surface area (Å²) in [5, 5.41) is 17.6. The van der Waals surface area contributed by atoms with E-state index < -0.39 is 5.97 Å². The number of hydrogen-bond acceptors (Lipinski definition) is 7. The van der Waals surface area contributed by atoms with Crippen LogP contribution in [0, 0.1) is 0 Å². The SMILES string of the molecule is Cl.NCCOCCOc1cc(-c2n[nH]c3ccc(C(=O)O)cc23)cc(N2CCOCC2)c1. The molecule has 0 unspecified atom stereocenters. The fourth-order valence-electron chi connectivity index (χ4n) is 3.58. The number of rotatable bonds is 9. The van der Waals surface area contributed by atoms with Gasteiger partial charge >= 0.3 is 5.97 Å². The van der Waals surface area contributed by atoms with Crippen LogP contribution in [0.15, 0.2) is 36.4 Å². The van der Waals surface area contributed by atoms with Crippen molar-refractivity contribution in [2.75, 3.05) is 57.6 Å². The molecule has 0 spiro atoms. The highest BCUT2D eigenvalue weighted by molar-refractivity contribution is 5.99. The number of carbonyl (C=O) groups is 1. The Balaban J connectivity index is 0.00000289. The van der Waals surface area contributed by atoms with Gasteiger partial charge in [-0.15, -0.1) is 12.4 Å². The summed E-state index contributed by atoms with van der Waals surface area (Å²) in [6.45, 7) is 4.72. The predicted molar refractivity (Wildman–Crippen MR) is 124 cm³/mol. The first-order chi connectivity index (χ1) is 15.2. The van der Waals surface area contributed by atoms with Gasteiger partial charge in [0.1, 0.15) is 18.1 Å². The topological polar surface area (TPSA) is 123 Å². The molecule has 1 aliphatic rings. The van der Waals surface area contributed by atoms with Gasteiger partial charge in [-0.3, -0.25) is 5.10 Å². The Labute approximate surface area is 191 Å². The molecular formula is C22H27ClN4O5. The minimum Gasteiger partial charge on any atom is -0.491 e. The molecule has 0 atom stereocenters. The molecule has 1 saturated heterocycles. The third kappa shape index (κ3) is 5.49. The van der Waals surface area contributed by atoms with Crippen molar-refractivity contribution in [2.45, 2.75) is 0 Å². The van der Waals surface area contributed by atoms with Crippen molar-refractivity contribution in [1.29, 1.82) is 0 Å². The number of benzene rings is 2. The lowest BCUT2D eigenvalue weighted by atomic mass is 10.0. The Morgan fingerprint density at radius 1 is 1.16 bits per heavy atom. The van der Waals surface area contributed by atoms with Crippen LogP contribution in [0.1, 0.15) is 10.4 Å². The lowest BCUT2D eigenvalue weighted by Gasteiger charge is -2.29. The fourth-order valence-corrected chi connectivity index (χ4v) is 3.58. The first kappa shape index (κ1) is 23.8. The third-order valence-corrected chi connectivity index (χ3v) is 5.11. The second-order valence-electron chi connectivity index (χ2n) is 7.20. The zero-order valence-corrected chi connectivity index (χ0v) is 18.4. The fraction of sp³-hybridized carbons (Fsp3) is 0.364. The number of ether oxygens (including phenoxy) is 3. The van der Waals surface area contributed by atoms with Crippen molar-refractivity contribution >= 4 is 35.0 Å². The summed E-state index contributed by atoms with van der Waals surface area (Å²) >= 11 is 0. The summed E-state index contributed by atoms with van der Waals surface area (Å²) in [6, 6.07) is 10.9. The number of nitrogens with one attached hydrogen (secondary N) is 1. The molecule has 10 heteroatoms. The second-order valence-corrected chi connectivity index (χ2v) is 7.20.